The minimum atomic E-state index is -0.194. The highest BCUT2D eigenvalue weighted by molar-refractivity contribution is 7.15. The monoisotopic (exact) mass is 432 g/mol. The molecule has 0 atom stereocenters. The summed E-state index contributed by atoms with van der Waals surface area (Å²) < 4.78 is 5.31. The molecule has 2 amide bonds. The summed E-state index contributed by atoms with van der Waals surface area (Å²) in [5.41, 5.74) is 3.98. The molecule has 1 aliphatic rings. The molecule has 7 nitrogen and oxygen atoms in total. The SMILES string of the molecule is Cc1ccc2onc(CC(=O)Nc3nc4c(s3)CN(C(=O)c3ccccc3)CC4)c2c1. The number of benzene rings is 2. The molecule has 0 unspecified atom stereocenters. The summed E-state index contributed by atoms with van der Waals surface area (Å²) >= 11 is 1.42. The first-order chi connectivity index (χ1) is 15.1. The fourth-order valence-electron chi connectivity index (χ4n) is 3.73. The molecule has 1 N–H and O–H groups in total. The molecule has 8 heteroatoms. The highest BCUT2D eigenvalue weighted by Gasteiger charge is 2.25. The summed E-state index contributed by atoms with van der Waals surface area (Å²) in [5.74, 6) is -0.182. The second-order valence-electron chi connectivity index (χ2n) is 7.59. The fraction of sp³-hybridized carbons (Fsp3) is 0.217. The number of nitrogens with zero attached hydrogens (tertiary/aromatic N) is 3. The average molecular weight is 433 g/mol. The molecule has 156 valence electrons. The number of hydrogen-bond donors (Lipinski definition) is 1. The van der Waals surface area contributed by atoms with Crippen LogP contribution in [0.15, 0.2) is 53.1 Å². The van der Waals surface area contributed by atoms with Crippen LogP contribution >= 0.6 is 11.3 Å². The topological polar surface area (TPSA) is 88.3 Å². The lowest BCUT2D eigenvalue weighted by molar-refractivity contribution is -0.115. The third kappa shape index (κ3) is 3.94. The molecule has 0 fully saturated rings. The van der Waals surface area contributed by atoms with E-state index >= 15 is 0 Å². The Kier molecular flexibility index (Phi) is 4.99. The van der Waals surface area contributed by atoms with E-state index in [9.17, 15) is 9.59 Å². The molecule has 0 spiro atoms. The second kappa shape index (κ2) is 7.96. The van der Waals surface area contributed by atoms with Crippen LogP contribution in [-0.2, 0) is 24.2 Å². The molecule has 5 rings (SSSR count). The maximum Gasteiger partial charge on any atom is 0.254 e. The van der Waals surface area contributed by atoms with Crippen molar-refractivity contribution >= 4 is 39.3 Å². The van der Waals surface area contributed by atoms with Gasteiger partial charge in [0, 0.05) is 28.8 Å². The zero-order valence-corrected chi connectivity index (χ0v) is 17.7. The highest BCUT2D eigenvalue weighted by atomic mass is 32.1. The van der Waals surface area contributed by atoms with Gasteiger partial charge >= 0.3 is 0 Å². The summed E-state index contributed by atoms with van der Waals surface area (Å²) in [6.07, 6.45) is 0.785. The zero-order valence-electron chi connectivity index (χ0n) is 16.9. The van der Waals surface area contributed by atoms with Crippen molar-refractivity contribution in [1.82, 2.24) is 15.0 Å². The fourth-order valence-corrected chi connectivity index (χ4v) is 4.77. The van der Waals surface area contributed by atoms with E-state index < -0.39 is 0 Å². The summed E-state index contributed by atoms with van der Waals surface area (Å²) in [5, 5.41) is 8.32. The predicted octanol–water partition coefficient (Wildman–Crippen LogP) is 3.97. The van der Waals surface area contributed by atoms with Gasteiger partial charge in [-0.25, -0.2) is 4.98 Å². The number of fused-ring (bicyclic) bond motifs is 2. The lowest BCUT2D eigenvalue weighted by atomic mass is 10.1. The largest absolute Gasteiger partial charge is 0.356 e. The van der Waals surface area contributed by atoms with E-state index in [0.717, 1.165) is 21.5 Å². The molecule has 0 radical (unpaired) electrons. The van der Waals surface area contributed by atoms with Crippen molar-refractivity contribution in [3.8, 4) is 0 Å². The minimum absolute atomic E-state index is 0.0124. The minimum Gasteiger partial charge on any atom is -0.356 e. The van der Waals surface area contributed by atoms with Crippen molar-refractivity contribution in [3.05, 3.63) is 75.9 Å². The Bertz CT molecular complexity index is 1280. The van der Waals surface area contributed by atoms with Crippen molar-refractivity contribution in [2.24, 2.45) is 0 Å². The summed E-state index contributed by atoms with van der Waals surface area (Å²) in [6.45, 7) is 3.11. The molecule has 0 bridgehead atoms. The van der Waals surface area contributed by atoms with Gasteiger partial charge in [-0.15, -0.1) is 0 Å². The third-order valence-corrected chi connectivity index (χ3v) is 6.31. The number of aromatic nitrogens is 2. The standard InChI is InChI=1S/C23H20N4O3S/c1-14-7-8-19-16(11-14)18(26-30-19)12-21(28)25-23-24-17-9-10-27(13-20(17)31-23)22(29)15-5-3-2-4-6-15/h2-8,11H,9-10,12-13H2,1H3,(H,24,25,28). The first-order valence-corrected chi connectivity index (χ1v) is 10.9. The van der Waals surface area contributed by atoms with E-state index in [1.807, 2.05) is 60.4 Å². The van der Waals surface area contributed by atoms with Crippen LogP contribution in [-0.4, -0.2) is 33.4 Å². The Labute approximate surface area is 182 Å². The Morgan fingerprint density at radius 1 is 1.19 bits per heavy atom. The Morgan fingerprint density at radius 2 is 2.03 bits per heavy atom. The number of hydrogen-bond acceptors (Lipinski definition) is 6. The van der Waals surface area contributed by atoms with E-state index in [2.05, 4.69) is 15.5 Å². The van der Waals surface area contributed by atoms with E-state index in [4.69, 9.17) is 4.52 Å². The van der Waals surface area contributed by atoms with Crippen LogP contribution in [0, 0.1) is 6.92 Å². The van der Waals surface area contributed by atoms with Gasteiger partial charge in [-0.3, -0.25) is 9.59 Å². The van der Waals surface area contributed by atoms with Crippen molar-refractivity contribution < 1.29 is 14.1 Å². The normalized spacial score (nSPS) is 13.3. The van der Waals surface area contributed by atoms with Gasteiger partial charge in [0.1, 0.15) is 5.69 Å². The highest BCUT2D eigenvalue weighted by Crippen LogP contribution is 2.29. The molecule has 4 aromatic rings. The smallest absolute Gasteiger partial charge is 0.254 e. The number of anilines is 1. The van der Waals surface area contributed by atoms with Gasteiger partial charge in [0.05, 0.1) is 18.7 Å². The number of carbonyl (C=O) groups excluding carboxylic acids is 2. The van der Waals surface area contributed by atoms with Crippen molar-refractivity contribution in [2.75, 3.05) is 11.9 Å². The van der Waals surface area contributed by atoms with Crippen LogP contribution < -0.4 is 5.32 Å². The Morgan fingerprint density at radius 3 is 2.87 bits per heavy atom. The Hall–Kier alpha value is -3.52. The summed E-state index contributed by atoms with van der Waals surface area (Å²) in [7, 11) is 0. The number of thiazole rings is 1. The van der Waals surface area contributed by atoms with E-state index in [0.29, 0.717) is 41.5 Å². The van der Waals surface area contributed by atoms with Gasteiger partial charge in [0.25, 0.3) is 5.91 Å². The number of aryl methyl sites for hydroxylation is 1. The molecule has 31 heavy (non-hydrogen) atoms. The van der Waals surface area contributed by atoms with Gasteiger partial charge in [-0.1, -0.05) is 46.3 Å². The number of nitrogens with one attached hydrogen (secondary N) is 1. The van der Waals surface area contributed by atoms with E-state index in [-0.39, 0.29) is 18.2 Å². The van der Waals surface area contributed by atoms with Gasteiger partial charge in [-0.2, -0.15) is 0 Å². The van der Waals surface area contributed by atoms with E-state index in [1.54, 1.807) is 0 Å². The van der Waals surface area contributed by atoms with Crippen LogP contribution in [0.1, 0.15) is 32.2 Å². The zero-order chi connectivity index (χ0) is 21.4. The van der Waals surface area contributed by atoms with Crippen LogP contribution in [0.5, 0.6) is 0 Å². The number of carbonyl (C=O) groups is 2. The van der Waals surface area contributed by atoms with Gasteiger partial charge in [-0.05, 0) is 31.2 Å². The lowest BCUT2D eigenvalue weighted by Gasteiger charge is -2.26. The van der Waals surface area contributed by atoms with Gasteiger partial charge in [0.2, 0.25) is 5.91 Å². The van der Waals surface area contributed by atoms with E-state index in [1.165, 1.54) is 11.3 Å². The average Bonchev–Trinajstić information content (AvgIpc) is 3.36. The van der Waals surface area contributed by atoms with Gasteiger partial charge < -0.3 is 14.7 Å². The number of amides is 2. The molecule has 0 saturated heterocycles. The lowest BCUT2D eigenvalue weighted by Crippen LogP contribution is -2.35. The van der Waals surface area contributed by atoms with Crippen molar-refractivity contribution in [1.29, 1.82) is 0 Å². The second-order valence-corrected chi connectivity index (χ2v) is 8.67. The quantitative estimate of drug-likeness (QED) is 0.527. The Balaban J connectivity index is 1.27. The molecular weight excluding hydrogens is 412 g/mol. The van der Waals surface area contributed by atoms with Crippen LogP contribution in [0.2, 0.25) is 0 Å². The summed E-state index contributed by atoms with van der Waals surface area (Å²) in [4.78, 5) is 32.7. The van der Waals surface area contributed by atoms with Crippen LogP contribution in [0.3, 0.4) is 0 Å². The maximum absolute atomic E-state index is 12.7. The number of rotatable bonds is 4. The molecule has 2 aromatic heterocycles. The molecule has 0 saturated carbocycles. The summed E-state index contributed by atoms with van der Waals surface area (Å²) in [6, 6.07) is 15.0. The first kappa shape index (κ1) is 19.4. The molecule has 0 aliphatic carbocycles. The van der Waals surface area contributed by atoms with Crippen molar-refractivity contribution in [3.63, 3.8) is 0 Å². The first-order valence-electron chi connectivity index (χ1n) is 10.0. The van der Waals surface area contributed by atoms with Crippen LogP contribution in [0.4, 0.5) is 5.13 Å². The molecule has 2 aromatic carbocycles. The van der Waals surface area contributed by atoms with Gasteiger partial charge in [0.15, 0.2) is 10.7 Å². The van der Waals surface area contributed by atoms with Crippen LogP contribution in [0.25, 0.3) is 11.0 Å². The molecule has 1 aliphatic heterocycles. The molecular formula is C23H20N4O3S. The predicted molar refractivity (Wildman–Crippen MR) is 118 cm³/mol. The maximum atomic E-state index is 12.7. The third-order valence-electron chi connectivity index (χ3n) is 5.31. The molecule has 3 heterocycles. The van der Waals surface area contributed by atoms with Crippen molar-refractivity contribution in [2.45, 2.75) is 26.3 Å².